The lowest BCUT2D eigenvalue weighted by molar-refractivity contribution is -0.136. The van der Waals surface area contributed by atoms with Crippen molar-refractivity contribution in [2.75, 3.05) is 6.54 Å². The van der Waals surface area contributed by atoms with E-state index in [0.717, 1.165) is 12.8 Å². The van der Waals surface area contributed by atoms with Crippen LogP contribution < -0.4 is 5.32 Å². The molecule has 0 atom stereocenters. The van der Waals surface area contributed by atoms with E-state index >= 15 is 0 Å². The number of benzene rings is 1. The fourth-order valence-electron chi connectivity index (χ4n) is 2.47. The van der Waals surface area contributed by atoms with Crippen LogP contribution in [0.5, 0.6) is 0 Å². The van der Waals surface area contributed by atoms with Gasteiger partial charge in [0.2, 0.25) is 0 Å². The van der Waals surface area contributed by atoms with E-state index in [1.54, 1.807) is 0 Å². The molecule has 2 N–H and O–H groups in total. The molecule has 0 bridgehead atoms. The first-order valence-electron chi connectivity index (χ1n) is 6.17. The average molecular weight is 233 g/mol. The first-order chi connectivity index (χ1) is 8.16. The zero-order chi connectivity index (χ0) is 12.3. The summed E-state index contributed by atoms with van der Waals surface area (Å²) in [4.78, 5) is 10.4. The van der Waals surface area contributed by atoms with Gasteiger partial charge >= 0.3 is 5.97 Å². The average Bonchev–Trinajstić information content (AvgIpc) is 2.23. The molecule has 0 aromatic heterocycles. The summed E-state index contributed by atoms with van der Waals surface area (Å²) < 4.78 is 0. The Kier molecular flexibility index (Phi) is 3.79. The van der Waals surface area contributed by atoms with Crippen LogP contribution in [0, 0.1) is 6.92 Å². The van der Waals surface area contributed by atoms with Crippen molar-refractivity contribution in [3.05, 3.63) is 35.4 Å². The van der Waals surface area contributed by atoms with Crippen molar-refractivity contribution < 1.29 is 9.90 Å². The maximum absolute atomic E-state index is 10.4. The van der Waals surface area contributed by atoms with Crippen LogP contribution in [0.3, 0.4) is 0 Å². The second kappa shape index (κ2) is 5.32. The van der Waals surface area contributed by atoms with Crippen LogP contribution >= 0.6 is 0 Å². The molecule has 2 rings (SSSR count). The highest BCUT2D eigenvalue weighted by Gasteiger charge is 2.30. The molecule has 0 amide bonds. The number of nitrogens with one attached hydrogen (secondary N) is 1. The molecule has 17 heavy (non-hydrogen) atoms. The number of hydrogen-bond donors (Lipinski definition) is 2. The molecule has 1 fully saturated rings. The predicted molar refractivity (Wildman–Crippen MR) is 67.2 cm³/mol. The van der Waals surface area contributed by atoms with Crippen LogP contribution in [-0.2, 0) is 4.79 Å². The quantitative estimate of drug-likeness (QED) is 0.820. The molecule has 3 nitrogen and oxygen atoms in total. The van der Waals surface area contributed by atoms with E-state index < -0.39 is 5.97 Å². The highest BCUT2D eigenvalue weighted by Crippen LogP contribution is 2.38. The minimum absolute atomic E-state index is 0.214. The van der Waals surface area contributed by atoms with E-state index in [0.29, 0.717) is 18.5 Å². The Morgan fingerprint density at radius 1 is 1.41 bits per heavy atom. The Labute approximate surface area is 102 Å². The van der Waals surface area contributed by atoms with Gasteiger partial charge in [0, 0.05) is 12.6 Å². The van der Waals surface area contributed by atoms with Gasteiger partial charge in [-0.15, -0.1) is 0 Å². The fraction of sp³-hybridized carbons (Fsp3) is 0.500. The standard InChI is InChI=1S/C14H19NO2/c1-10-4-2-3-5-13(10)11-8-12(9-11)15-7-6-14(16)17/h2-5,11-12,15H,6-9H2,1H3,(H,16,17). The van der Waals surface area contributed by atoms with E-state index in [1.165, 1.54) is 11.1 Å². The van der Waals surface area contributed by atoms with Crippen LogP contribution in [0.15, 0.2) is 24.3 Å². The van der Waals surface area contributed by atoms with Crippen LogP contribution in [0.1, 0.15) is 36.3 Å². The maximum Gasteiger partial charge on any atom is 0.304 e. The summed E-state index contributed by atoms with van der Waals surface area (Å²) in [6, 6.07) is 9.01. The first kappa shape index (κ1) is 12.1. The topological polar surface area (TPSA) is 49.3 Å². The smallest absolute Gasteiger partial charge is 0.304 e. The molecule has 1 aliphatic rings. The van der Waals surface area contributed by atoms with Crippen LogP contribution in [-0.4, -0.2) is 23.7 Å². The van der Waals surface area contributed by atoms with E-state index in [-0.39, 0.29) is 6.42 Å². The first-order valence-corrected chi connectivity index (χ1v) is 6.17. The van der Waals surface area contributed by atoms with E-state index in [1.807, 2.05) is 0 Å². The summed E-state index contributed by atoms with van der Waals surface area (Å²) in [5, 5.41) is 11.8. The Balaban J connectivity index is 1.76. The molecule has 1 aromatic rings. The van der Waals surface area contributed by atoms with Crippen molar-refractivity contribution in [3.8, 4) is 0 Å². The lowest BCUT2D eigenvalue weighted by Crippen LogP contribution is -2.41. The monoisotopic (exact) mass is 233 g/mol. The van der Waals surface area contributed by atoms with Gasteiger partial charge in [-0.2, -0.15) is 0 Å². The second-order valence-corrected chi connectivity index (χ2v) is 4.82. The normalized spacial score (nSPS) is 23.1. The number of rotatable bonds is 5. The van der Waals surface area contributed by atoms with Gasteiger partial charge in [-0.25, -0.2) is 0 Å². The van der Waals surface area contributed by atoms with Crippen LogP contribution in [0.25, 0.3) is 0 Å². The molecule has 1 saturated carbocycles. The van der Waals surface area contributed by atoms with Gasteiger partial charge in [-0.3, -0.25) is 4.79 Å². The Morgan fingerprint density at radius 3 is 2.76 bits per heavy atom. The van der Waals surface area contributed by atoms with E-state index in [4.69, 9.17) is 5.11 Å². The van der Waals surface area contributed by atoms with Crippen molar-refractivity contribution in [1.82, 2.24) is 5.32 Å². The molecule has 3 heteroatoms. The zero-order valence-corrected chi connectivity index (χ0v) is 10.1. The molecule has 0 radical (unpaired) electrons. The highest BCUT2D eigenvalue weighted by atomic mass is 16.4. The molecule has 0 heterocycles. The van der Waals surface area contributed by atoms with Gasteiger partial charge in [-0.1, -0.05) is 24.3 Å². The number of aliphatic carboxylic acids is 1. The lowest BCUT2D eigenvalue weighted by atomic mass is 9.74. The molecule has 0 spiro atoms. The third kappa shape index (κ3) is 3.07. The van der Waals surface area contributed by atoms with Gasteiger partial charge in [0.05, 0.1) is 6.42 Å². The van der Waals surface area contributed by atoms with Crippen molar-refractivity contribution >= 4 is 5.97 Å². The zero-order valence-electron chi connectivity index (χ0n) is 10.1. The van der Waals surface area contributed by atoms with Gasteiger partial charge in [0.15, 0.2) is 0 Å². The minimum atomic E-state index is -0.729. The largest absolute Gasteiger partial charge is 0.481 e. The number of carboxylic acids is 1. The van der Waals surface area contributed by atoms with Crippen LogP contribution in [0.4, 0.5) is 0 Å². The predicted octanol–water partition coefficient (Wildman–Crippen LogP) is 2.31. The molecule has 92 valence electrons. The summed E-state index contributed by atoms with van der Waals surface area (Å²) >= 11 is 0. The molecule has 1 aliphatic carbocycles. The third-order valence-electron chi connectivity index (χ3n) is 3.54. The Morgan fingerprint density at radius 2 is 2.12 bits per heavy atom. The third-order valence-corrected chi connectivity index (χ3v) is 3.54. The number of hydrogen-bond acceptors (Lipinski definition) is 2. The number of aryl methyl sites for hydroxylation is 1. The van der Waals surface area contributed by atoms with Crippen molar-refractivity contribution in [1.29, 1.82) is 0 Å². The van der Waals surface area contributed by atoms with Crippen molar-refractivity contribution in [3.63, 3.8) is 0 Å². The number of carbonyl (C=O) groups is 1. The summed E-state index contributed by atoms with van der Waals surface area (Å²) in [7, 11) is 0. The van der Waals surface area contributed by atoms with Gasteiger partial charge < -0.3 is 10.4 Å². The van der Waals surface area contributed by atoms with E-state index in [2.05, 4.69) is 36.5 Å². The molecule has 0 aliphatic heterocycles. The molecular formula is C14H19NO2. The lowest BCUT2D eigenvalue weighted by Gasteiger charge is -2.37. The van der Waals surface area contributed by atoms with Gasteiger partial charge in [-0.05, 0) is 36.8 Å². The Bertz CT molecular complexity index is 397. The van der Waals surface area contributed by atoms with Gasteiger partial charge in [0.25, 0.3) is 0 Å². The van der Waals surface area contributed by atoms with Crippen molar-refractivity contribution in [2.45, 2.75) is 38.1 Å². The molecule has 1 aromatic carbocycles. The van der Waals surface area contributed by atoms with Crippen LogP contribution in [0.2, 0.25) is 0 Å². The summed E-state index contributed by atoms with van der Waals surface area (Å²) in [6.45, 7) is 2.74. The van der Waals surface area contributed by atoms with E-state index in [9.17, 15) is 4.79 Å². The SMILES string of the molecule is Cc1ccccc1C1CC(NCCC(=O)O)C1. The molecule has 0 saturated heterocycles. The Hall–Kier alpha value is -1.35. The maximum atomic E-state index is 10.4. The summed E-state index contributed by atoms with van der Waals surface area (Å²) in [5.41, 5.74) is 2.81. The molecule has 0 unspecified atom stereocenters. The van der Waals surface area contributed by atoms with Crippen molar-refractivity contribution in [2.24, 2.45) is 0 Å². The second-order valence-electron chi connectivity index (χ2n) is 4.82. The minimum Gasteiger partial charge on any atom is -0.481 e. The number of carboxylic acid groups (broad SMARTS) is 1. The van der Waals surface area contributed by atoms with Gasteiger partial charge in [0.1, 0.15) is 0 Å². The summed E-state index contributed by atoms with van der Waals surface area (Å²) in [6.07, 6.45) is 2.47. The molecular weight excluding hydrogens is 214 g/mol. The summed E-state index contributed by atoms with van der Waals surface area (Å²) in [5.74, 6) is -0.0780. The fourth-order valence-corrected chi connectivity index (χ4v) is 2.47. The highest BCUT2D eigenvalue weighted by molar-refractivity contribution is 5.66.